The van der Waals surface area contributed by atoms with Gasteiger partial charge in [-0.25, -0.2) is 0 Å². The van der Waals surface area contributed by atoms with Crippen molar-refractivity contribution in [2.24, 2.45) is 0 Å². The molecule has 0 saturated carbocycles. The van der Waals surface area contributed by atoms with Crippen LogP contribution in [0.5, 0.6) is 0 Å². The third-order valence-electron chi connectivity index (χ3n) is 3.05. The second kappa shape index (κ2) is 8.15. The number of amides is 1. The quantitative estimate of drug-likeness (QED) is 0.785. The highest BCUT2D eigenvalue weighted by molar-refractivity contribution is 7.99. The van der Waals surface area contributed by atoms with Crippen molar-refractivity contribution < 1.29 is 4.79 Å². The first-order valence-corrected chi connectivity index (χ1v) is 9.07. The topological polar surface area (TPSA) is 29.1 Å². The molecule has 0 aliphatic heterocycles. The highest BCUT2D eigenvalue weighted by Gasteiger charge is 2.13. The summed E-state index contributed by atoms with van der Waals surface area (Å²) in [6.45, 7) is 1.95. The third-order valence-corrected chi connectivity index (χ3v) is 4.99. The SMILES string of the molecule is CSc1cccc(NC(=O)[C@H](C)SCc2ccccc2)c1. The van der Waals surface area contributed by atoms with Gasteiger partial charge in [0.05, 0.1) is 5.25 Å². The number of hydrogen-bond acceptors (Lipinski definition) is 3. The number of hydrogen-bond donors (Lipinski definition) is 1. The number of nitrogens with one attached hydrogen (secondary N) is 1. The van der Waals surface area contributed by atoms with E-state index in [-0.39, 0.29) is 11.2 Å². The summed E-state index contributed by atoms with van der Waals surface area (Å²) in [4.78, 5) is 13.3. The minimum Gasteiger partial charge on any atom is -0.325 e. The largest absolute Gasteiger partial charge is 0.325 e. The van der Waals surface area contributed by atoms with Gasteiger partial charge in [-0.05, 0) is 36.9 Å². The van der Waals surface area contributed by atoms with Gasteiger partial charge in [0.2, 0.25) is 5.91 Å². The smallest absolute Gasteiger partial charge is 0.237 e. The molecule has 0 fully saturated rings. The Bertz CT molecular complexity index is 586. The maximum atomic E-state index is 12.2. The normalized spacial score (nSPS) is 11.9. The Kier molecular flexibility index (Phi) is 6.21. The molecule has 21 heavy (non-hydrogen) atoms. The third kappa shape index (κ3) is 5.14. The summed E-state index contributed by atoms with van der Waals surface area (Å²) < 4.78 is 0. The van der Waals surface area contributed by atoms with Crippen molar-refractivity contribution in [3.63, 3.8) is 0 Å². The fraction of sp³-hybridized carbons (Fsp3) is 0.235. The summed E-state index contributed by atoms with van der Waals surface area (Å²) in [6.07, 6.45) is 2.03. The van der Waals surface area contributed by atoms with Crippen molar-refractivity contribution in [1.82, 2.24) is 0 Å². The van der Waals surface area contributed by atoms with Crippen LogP contribution in [0.3, 0.4) is 0 Å². The summed E-state index contributed by atoms with van der Waals surface area (Å²) in [6, 6.07) is 18.1. The Hall–Kier alpha value is -1.39. The van der Waals surface area contributed by atoms with Crippen LogP contribution in [0.1, 0.15) is 12.5 Å². The minimum atomic E-state index is -0.0804. The van der Waals surface area contributed by atoms with Gasteiger partial charge in [0, 0.05) is 16.3 Å². The summed E-state index contributed by atoms with van der Waals surface area (Å²) >= 11 is 3.32. The maximum Gasteiger partial charge on any atom is 0.237 e. The molecule has 110 valence electrons. The van der Waals surface area contributed by atoms with Crippen LogP contribution >= 0.6 is 23.5 Å². The molecule has 2 rings (SSSR count). The van der Waals surface area contributed by atoms with Crippen LogP contribution < -0.4 is 5.32 Å². The zero-order valence-corrected chi connectivity index (χ0v) is 13.8. The highest BCUT2D eigenvalue weighted by atomic mass is 32.2. The Morgan fingerprint density at radius 3 is 2.62 bits per heavy atom. The molecule has 1 amide bonds. The Labute approximate surface area is 134 Å². The van der Waals surface area contributed by atoms with Gasteiger partial charge in [0.25, 0.3) is 0 Å². The zero-order valence-electron chi connectivity index (χ0n) is 12.2. The molecule has 2 nitrogen and oxygen atoms in total. The van der Waals surface area contributed by atoms with Crippen molar-refractivity contribution in [3.05, 3.63) is 60.2 Å². The first kappa shape index (κ1) is 16.0. The lowest BCUT2D eigenvalue weighted by Crippen LogP contribution is -2.22. The molecule has 0 spiro atoms. The molecule has 0 aliphatic carbocycles. The van der Waals surface area contributed by atoms with E-state index in [2.05, 4.69) is 17.4 Å². The number of benzene rings is 2. The van der Waals surface area contributed by atoms with Gasteiger partial charge in [-0.2, -0.15) is 0 Å². The van der Waals surface area contributed by atoms with E-state index in [0.717, 1.165) is 16.3 Å². The van der Waals surface area contributed by atoms with Gasteiger partial charge in [-0.15, -0.1) is 23.5 Å². The predicted molar refractivity (Wildman–Crippen MR) is 94.1 cm³/mol. The van der Waals surface area contributed by atoms with E-state index in [9.17, 15) is 4.79 Å². The molecule has 0 heterocycles. The van der Waals surface area contributed by atoms with Gasteiger partial charge in [0.15, 0.2) is 0 Å². The zero-order chi connectivity index (χ0) is 15.1. The van der Waals surface area contributed by atoms with Gasteiger partial charge in [0.1, 0.15) is 0 Å². The van der Waals surface area contributed by atoms with Gasteiger partial charge < -0.3 is 5.32 Å². The fourth-order valence-corrected chi connectivity index (χ4v) is 3.12. The fourth-order valence-electron chi connectivity index (χ4n) is 1.82. The molecule has 1 N–H and O–H groups in total. The Balaban J connectivity index is 1.87. The van der Waals surface area contributed by atoms with Crippen LogP contribution in [0.4, 0.5) is 5.69 Å². The van der Waals surface area contributed by atoms with E-state index < -0.39 is 0 Å². The standard InChI is InChI=1S/C17H19NOS2/c1-13(21-12-14-7-4-3-5-8-14)17(19)18-15-9-6-10-16(11-15)20-2/h3-11,13H,12H2,1-2H3,(H,18,19)/t13-/m0/s1. The monoisotopic (exact) mass is 317 g/mol. The predicted octanol–water partition coefficient (Wildman–Crippen LogP) is 4.67. The summed E-state index contributed by atoms with van der Waals surface area (Å²) in [5.74, 6) is 0.898. The van der Waals surface area contributed by atoms with Crippen LogP contribution in [-0.4, -0.2) is 17.4 Å². The lowest BCUT2D eigenvalue weighted by molar-refractivity contribution is -0.115. The molecule has 2 aromatic carbocycles. The molecule has 0 bridgehead atoms. The molecule has 4 heteroatoms. The molecule has 0 aromatic heterocycles. The van der Waals surface area contributed by atoms with Crippen LogP contribution in [-0.2, 0) is 10.5 Å². The molecule has 0 unspecified atom stereocenters. The number of carbonyl (C=O) groups excluding carboxylic acids is 1. The van der Waals surface area contributed by atoms with Gasteiger partial charge in [-0.3, -0.25) is 4.79 Å². The average Bonchev–Trinajstić information content (AvgIpc) is 2.53. The lowest BCUT2D eigenvalue weighted by Gasteiger charge is -2.12. The van der Waals surface area contributed by atoms with Crippen molar-refractivity contribution in [2.75, 3.05) is 11.6 Å². The van der Waals surface area contributed by atoms with Crippen LogP contribution in [0.25, 0.3) is 0 Å². The van der Waals surface area contributed by atoms with Gasteiger partial charge in [-0.1, -0.05) is 36.4 Å². The summed E-state index contributed by atoms with van der Waals surface area (Å²) in [5.41, 5.74) is 2.10. The summed E-state index contributed by atoms with van der Waals surface area (Å²) in [5, 5.41) is 2.90. The molecule has 0 aliphatic rings. The number of thioether (sulfide) groups is 2. The first-order valence-electron chi connectivity index (χ1n) is 6.79. The highest BCUT2D eigenvalue weighted by Crippen LogP contribution is 2.22. The molecule has 2 aromatic rings. The molecule has 1 atom stereocenters. The first-order chi connectivity index (χ1) is 10.2. The number of anilines is 1. The van der Waals surface area contributed by atoms with E-state index >= 15 is 0 Å². The van der Waals surface area contributed by atoms with Gasteiger partial charge >= 0.3 is 0 Å². The van der Waals surface area contributed by atoms with Crippen molar-refractivity contribution in [2.45, 2.75) is 22.8 Å². The minimum absolute atomic E-state index is 0.0502. The van der Waals surface area contributed by atoms with E-state index in [1.807, 2.05) is 55.6 Å². The molecule has 0 saturated heterocycles. The van der Waals surface area contributed by atoms with E-state index in [1.165, 1.54) is 5.56 Å². The average molecular weight is 317 g/mol. The van der Waals surface area contributed by atoms with E-state index in [4.69, 9.17) is 0 Å². The van der Waals surface area contributed by atoms with Crippen molar-refractivity contribution in [1.29, 1.82) is 0 Å². The second-order valence-corrected chi connectivity index (χ2v) is 6.87. The summed E-state index contributed by atoms with van der Waals surface area (Å²) in [7, 11) is 0. The van der Waals surface area contributed by atoms with Crippen LogP contribution in [0, 0.1) is 0 Å². The van der Waals surface area contributed by atoms with E-state index in [1.54, 1.807) is 23.5 Å². The molecule has 0 radical (unpaired) electrons. The molecular weight excluding hydrogens is 298 g/mol. The second-order valence-electron chi connectivity index (χ2n) is 4.66. The van der Waals surface area contributed by atoms with Crippen LogP contribution in [0.2, 0.25) is 0 Å². The number of rotatable bonds is 6. The number of carbonyl (C=O) groups is 1. The lowest BCUT2D eigenvalue weighted by atomic mass is 10.2. The van der Waals surface area contributed by atoms with Crippen LogP contribution in [0.15, 0.2) is 59.5 Å². The Morgan fingerprint density at radius 2 is 1.90 bits per heavy atom. The maximum absolute atomic E-state index is 12.2. The van der Waals surface area contributed by atoms with Crippen molar-refractivity contribution >= 4 is 35.1 Å². The van der Waals surface area contributed by atoms with Crippen molar-refractivity contribution in [3.8, 4) is 0 Å². The molecular formula is C17H19NOS2. The Morgan fingerprint density at radius 1 is 1.14 bits per heavy atom. The van der Waals surface area contributed by atoms with E-state index in [0.29, 0.717) is 0 Å².